The summed E-state index contributed by atoms with van der Waals surface area (Å²) in [5, 5.41) is 0. The van der Waals surface area contributed by atoms with Crippen molar-refractivity contribution < 1.29 is 8.97 Å². The van der Waals surface area contributed by atoms with E-state index < -0.39 is 0 Å². The smallest absolute Gasteiger partial charge is 0.216 e. The summed E-state index contributed by atoms with van der Waals surface area (Å²) >= 11 is 0. The minimum atomic E-state index is 0.823. The van der Waals surface area contributed by atoms with Gasteiger partial charge in [0.2, 0.25) is 6.17 Å². The fraction of sp³-hybridized carbons (Fsp3) is 1.00. The Labute approximate surface area is 396 Å². The van der Waals surface area contributed by atoms with Crippen molar-refractivity contribution in [2.45, 2.75) is 350 Å². The van der Waals surface area contributed by atoms with Crippen LogP contribution in [0, 0.1) is 0 Å². The Balaban J connectivity index is 7.26. The third-order valence-corrected chi connectivity index (χ3v) is 15.6. The zero-order valence-corrected chi connectivity index (χ0v) is 45.2. The highest BCUT2D eigenvalue weighted by molar-refractivity contribution is 4.65. The maximum Gasteiger partial charge on any atom is 0.216 e. The normalized spacial score (nSPS) is 12.4. The number of rotatable bonds is 54. The Bertz CT molecular complexity index is 684. The Morgan fingerprint density at radius 3 is 0.500 bits per heavy atom. The Morgan fingerprint density at radius 2 is 0.323 bits per heavy atom. The quantitative estimate of drug-likeness (QED) is 0.0324. The van der Waals surface area contributed by atoms with Crippen LogP contribution in [0.15, 0.2) is 0 Å². The molecule has 0 aliphatic carbocycles. The van der Waals surface area contributed by atoms with Crippen LogP contribution in [0.3, 0.4) is 0 Å². The van der Waals surface area contributed by atoms with E-state index in [4.69, 9.17) is 0 Å². The second-order valence-electron chi connectivity index (χ2n) is 21.5. The van der Waals surface area contributed by atoms with Gasteiger partial charge >= 0.3 is 0 Å². The van der Waals surface area contributed by atoms with E-state index in [9.17, 15) is 0 Å². The van der Waals surface area contributed by atoms with Gasteiger partial charge in [-0.05, 0) is 83.5 Å². The molecule has 62 heavy (non-hydrogen) atoms. The molecule has 0 aliphatic rings. The highest BCUT2D eigenvalue weighted by atomic mass is 15.6. The molecule has 0 spiro atoms. The first-order valence-electron chi connectivity index (χ1n) is 30.3. The molecule has 0 radical (unpaired) electrons. The molecule has 0 amide bonds. The third-order valence-electron chi connectivity index (χ3n) is 15.6. The van der Waals surface area contributed by atoms with Gasteiger partial charge in [0.15, 0.2) is 0 Å². The molecular formula is C60H126N2+2. The Morgan fingerprint density at radius 1 is 0.177 bits per heavy atom. The lowest BCUT2D eigenvalue weighted by molar-refractivity contribution is -1.13. The average molecular weight is 876 g/mol. The number of hydrogen-bond acceptors (Lipinski definition) is 0. The highest BCUT2D eigenvalue weighted by Crippen LogP contribution is 2.35. The first-order valence-corrected chi connectivity index (χ1v) is 30.3. The summed E-state index contributed by atoms with van der Waals surface area (Å²) in [6.07, 6.45) is 67.6. The van der Waals surface area contributed by atoms with Crippen molar-refractivity contribution in [2.75, 3.05) is 39.3 Å². The van der Waals surface area contributed by atoms with Crippen LogP contribution in [0.1, 0.15) is 344 Å². The van der Waals surface area contributed by atoms with Gasteiger partial charge in [-0.1, -0.05) is 254 Å². The van der Waals surface area contributed by atoms with Gasteiger partial charge in [-0.2, -0.15) is 0 Å². The second kappa shape index (κ2) is 48.8. The van der Waals surface area contributed by atoms with Gasteiger partial charge in [0.05, 0.1) is 45.7 Å². The fourth-order valence-corrected chi connectivity index (χ4v) is 11.5. The predicted molar refractivity (Wildman–Crippen MR) is 286 cm³/mol. The van der Waals surface area contributed by atoms with Crippen LogP contribution >= 0.6 is 0 Å². The number of unbranched alkanes of at least 4 members (excludes halogenated alkanes) is 38. The third kappa shape index (κ3) is 35.2. The molecule has 0 saturated carbocycles. The monoisotopic (exact) mass is 875 g/mol. The minimum absolute atomic E-state index is 0.823. The van der Waals surface area contributed by atoms with Gasteiger partial charge in [0.1, 0.15) is 0 Å². The van der Waals surface area contributed by atoms with Crippen LogP contribution < -0.4 is 0 Å². The van der Waals surface area contributed by atoms with Gasteiger partial charge in [-0.25, -0.2) is 0 Å². The molecule has 0 saturated heterocycles. The van der Waals surface area contributed by atoms with E-state index in [2.05, 4.69) is 48.5 Å². The lowest BCUT2D eigenvalue weighted by atomic mass is 9.97. The molecule has 0 aliphatic heterocycles. The lowest BCUT2D eigenvalue weighted by Gasteiger charge is -2.55. The first-order chi connectivity index (χ1) is 30.6. The van der Waals surface area contributed by atoms with Crippen molar-refractivity contribution in [3.05, 3.63) is 0 Å². The van der Waals surface area contributed by atoms with Gasteiger partial charge in [-0.15, -0.1) is 0 Å². The highest BCUT2D eigenvalue weighted by Gasteiger charge is 2.49. The van der Waals surface area contributed by atoms with E-state index in [1.54, 1.807) is 0 Å². The Kier molecular flexibility index (Phi) is 48.8. The van der Waals surface area contributed by atoms with Crippen LogP contribution in [0.4, 0.5) is 0 Å². The van der Waals surface area contributed by atoms with Gasteiger partial charge in [0.25, 0.3) is 0 Å². The summed E-state index contributed by atoms with van der Waals surface area (Å²) < 4.78 is 3.02. The summed E-state index contributed by atoms with van der Waals surface area (Å²) in [5.74, 6) is 0. The van der Waals surface area contributed by atoms with Crippen LogP contribution in [0.2, 0.25) is 0 Å². The molecule has 2 heteroatoms. The minimum Gasteiger partial charge on any atom is -0.275 e. The number of hydrogen-bond donors (Lipinski definition) is 0. The van der Waals surface area contributed by atoms with Crippen LogP contribution in [0.5, 0.6) is 0 Å². The first kappa shape index (κ1) is 61.9. The SMILES string of the molecule is CCCCCCCCCCCC([N+](CCCCCCCC)(CCCCCCCC)CCCCCCCC)[N+](CCCCCCCC)(CCCCCCCC)CCCCCCCC. The predicted octanol–water partition coefficient (Wildman–Crippen LogP) is 21.0. The second-order valence-corrected chi connectivity index (χ2v) is 21.5. The molecule has 2 nitrogen and oxygen atoms in total. The van der Waals surface area contributed by atoms with Gasteiger partial charge in [0, 0.05) is 0 Å². The van der Waals surface area contributed by atoms with Crippen molar-refractivity contribution in [1.82, 2.24) is 0 Å². The van der Waals surface area contributed by atoms with Crippen molar-refractivity contribution in [3.63, 3.8) is 0 Å². The molecule has 0 rings (SSSR count). The molecule has 0 unspecified atom stereocenters. The van der Waals surface area contributed by atoms with E-state index in [-0.39, 0.29) is 0 Å². The van der Waals surface area contributed by atoms with E-state index in [0.29, 0.717) is 0 Å². The molecule has 0 aromatic heterocycles. The van der Waals surface area contributed by atoms with Crippen molar-refractivity contribution in [2.24, 2.45) is 0 Å². The molecule has 0 aromatic rings. The summed E-state index contributed by atoms with van der Waals surface area (Å²) in [6, 6.07) is 0. The topological polar surface area (TPSA) is 0 Å². The molecule has 0 N–H and O–H groups in total. The molecular weight excluding hydrogens is 749 g/mol. The number of quaternary nitrogens is 2. The standard InChI is InChI=1S/C60H126N2/c1-8-15-22-29-36-37-38-39-46-53-60(61(54-47-40-30-23-16-9-2,55-48-41-31-24-17-10-3)56-49-42-32-25-18-11-4)62(57-50-43-33-26-19-12-5,58-51-44-34-27-20-13-6)59-52-45-35-28-21-14-7/h60H,8-59H2,1-7H3/q+2. The van der Waals surface area contributed by atoms with Crippen LogP contribution in [0.25, 0.3) is 0 Å². The van der Waals surface area contributed by atoms with Crippen molar-refractivity contribution in [3.8, 4) is 0 Å². The lowest BCUT2D eigenvalue weighted by Crippen LogP contribution is -2.71. The zero-order chi connectivity index (χ0) is 45.3. The average Bonchev–Trinajstić information content (AvgIpc) is 3.28. The molecule has 0 aromatic carbocycles. The van der Waals surface area contributed by atoms with Gasteiger partial charge in [-0.3, -0.25) is 8.97 Å². The van der Waals surface area contributed by atoms with E-state index in [1.165, 1.54) is 344 Å². The molecule has 0 heterocycles. The molecule has 0 atom stereocenters. The molecule has 0 fully saturated rings. The fourth-order valence-electron chi connectivity index (χ4n) is 11.5. The number of nitrogens with zero attached hydrogens (tertiary/aromatic N) is 2. The maximum atomic E-state index is 2.40. The van der Waals surface area contributed by atoms with Crippen molar-refractivity contribution in [1.29, 1.82) is 0 Å². The van der Waals surface area contributed by atoms with Gasteiger partial charge < -0.3 is 0 Å². The zero-order valence-electron chi connectivity index (χ0n) is 45.2. The summed E-state index contributed by atoms with van der Waals surface area (Å²) in [6.45, 7) is 25.7. The molecule has 374 valence electrons. The Hall–Kier alpha value is -0.0800. The van der Waals surface area contributed by atoms with E-state index in [0.717, 1.165) is 6.17 Å². The largest absolute Gasteiger partial charge is 0.275 e. The van der Waals surface area contributed by atoms with E-state index >= 15 is 0 Å². The summed E-state index contributed by atoms with van der Waals surface area (Å²) in [5.41, 5.74) is 0. The summed E-state index contributed by atoms with van der Waals surface area (Å²) in [7, 11) is 0. The van der Waals surface area contributed by atoms with E-state index in [1.807, 2.05) is 0 Å². The molecule has 0 bridgehead atoms. The summed E-state index contributed by atoms with van der Waals surface area (Å²) in [4.78, 5) is 0. The van der Waals surface area contributed by atoms with Crippen LogP contribution in [-0.4, -0.2) is 54.4 Å². The van der Waals surface area contributed by atoms with Crippen molar-refractivity contribution >= 4 is 0 Å². The van der Waals surface area contributed by atoms with Crippen LogP contribution in [-0.2, 0) is 0 Å². The maximum absolute atomic E-state index is 2.40.